The van der Waals surface area contributed by atoms with Crippen LogP contribution in [0.5, 0.6) is 11.5 Å². The fourth-order valence-electron chi connectivity index (χ4n) is 7.62. The number of hydrogen-bond donors (Lipinski definition) is 0. The molecule has 0 N–H and O–H groups in total. The molecule has 268 valence electrons. The molecular weight excluding hydrogens is 673 g/mol. The summed E-state index contributed by atoms with van der Waals surface area (Å²) in [6.07, 6.45) is 1.87. The number of nitrogens with zero attached hydrogens (tertiary/aromatic N) is 4. The van der Waals surface area contributed by atoms with E-state index in [4.69, 9.17) is 14.8 Å². The first-order chi connectivity index (χ1) is 26.7. The zero-order valence-electron chi connectivity index (χ0n) is 31.8. The van der Waals surface area contributed by atoms with Crippen LogP contribution in [0, 0.1) is 13.8 Å². The number of benzene rings is 6. The van der Waals surface area contributed by atoms with Gasteiger partial charge in [-0.1, -0.05) is 124 Å². The smallest absolute Gasteiger partial charge is 0.137 e. The number of aromatic nitrogens is 4. The third-order valence-electron chi connectivity index (χ3n) is 10.3. The molecule has 9 aromatic rings. The van der Waals surface area contributed by atoms with Crippen LogP contribution in [0.15, 0.2) is 164 Å². The van der Waals surface area contributed by atoms with Gasteiger partial charge in [-0.05, 0) is 84.0 Å². The van der Waals surface area contributed by atoms with Crippen molar-refractivity contribution in [3.05, 3.63) is 181 Å². The number of fused-ring (bicyclic) bond motifs is 3. The number of para-hydroxylation sites is 1. The zero-order valence-corrected chi connectivity index (χ0v) is 31.8. The van der Waals surface area contributed by atoms with Gasteiger partial charge in [-0.2, -0.15) is 5.10 Å². The lowest BCUT2D eigenvalue weighted by Gasteiger charge is -2.19. The van der Waals surface area contributed by atoms with E-state index in [1.807, 2.05) is 12.3 Å². The summed E-state index contributed by atoms with van der Waals surface area (Å²) in [5.74, 6) is 2.36. The molecule has 0 aliphatic rings. The normalized spacial score (nSPS) is 11.7. The molecule has 0 amide bonds. The SMILES string of the molecule is Cc1cc(Oc2ccc3c4ccccc4n(-c4cc(C)ccn4)c3c2)cc(-n2nc(-c3ccccc3)c(-c3ccc(C(C)(C)C)cc3)c2-c2ccccc2)c1. The average molecular weight is 715 g/mol. The monoisotopic (exact) mass is 714 g/mol. The van der Waals surface area contributed by atoms with Gasteiger partial charge < -0.3 is 4.74 Å². The second-order valence-corrected chi connectivity index (χ2v) is 15.4. The maximum absolute atomic E-state index is 6.76. The summed E-state index contributed by atoms with van der Waals surface area (Å²) in [6.45, 7) is 11.0. The Morgan fingerprint density at radius 2 is 1.24 bits per heavy atom. The summed E-state index contributed by atoms with van der Waals surface area (Å²) in [4.78, 5) is 4.77. The van der Waals surface area contributed by atoms with Gasteiger partial charge in [0.05, 0.1) is 22.4 Å². The van der Waals surface area contributed by atoms with Crippen LogP contribution >= 0.6 is 0 Å². The molecule has 0 spiro atoms. The quantitative estimate of drug-likeness (QED) is 0.165. The molecule has 3 aromatic heterocycles. The molecule has 0 aliphatic carbocycles. The first-order valence-electron chi connectivity index (χ1n) is 18.8. The van der Waals surface area contributed by atoms with Gasteiger partial charge in [-0.15, -0.1) is 0 Å². The van der Waals surface area contributed by atoms with Crippen LogP contribution in [0.3, 0.4) is 0 Å². The van der Waals surface area contributed by atoms with Gasteiger partial charge in [-0.25, -0.2) is 9.67 Å². The highest BCUT2D eigenvalue weighted by Gasteiger charge is 2.24. The third kappa shape index (κ3) is 6.38. The number of pyridine rings is 1. The second kappa shape index (κ2) is 13.6. The van der Waals surface area contributed by atoms with E-state index in [2.05, 4.69) is 196 Å². The summed E-state index contributed by atoms with van der Waals surface area (Å²) in [5.41, 5.74) is 12.9. The molecule has 6 aromatic carbocycles. The Labute approximate surface area is 322 Å². The van der Waals surface area contributed by atoms with Gasteiger partial charge in [0.2, 0.25) is 0 Å². The van der Waals surface area contributed by atoms with Crippen molar-refractivity contribution in [3.63, 3.8) is 0 Å². The first kappa shape index (κ1) is 34.1. The van der Waals surface area contributed by atoms with Crippen LogP contribution in [-0.4, -0.2) is 19.3 Å². The Bertz CT molecular complexity index is 2820. The van der Waals surface area contributed by atoms with Crippen LogP contribution in [0.4, 0.5) is 0 Å². The van der Waals surface area contributed by atoms with Crippen molar-refractivity contribution in [2.24, 2.45) is 0 Å². The van der Waals surface area contributed by atoms with Crippen molar-refractivity contribution in [1.29, 1.82) is 0 Å². The molecule has 0 radical (unpaired) electrons. The lowest BCUT2D eigenvalue weighted by Crippen LogP contribution is -2.10. The molecule has 0 aliphatic heterocycles. The van der Waals surface area contributed by atoms with Crippen molar-refractivity contribution >= 4 is 21.8 Å². The largest absolute Gasteiger partial charge is 0.457 e. The second-order valence-electron chi connectivity index (χ2n) is 15.4. The minimum atomic E-state index is 0.0454. The number of aryl methyl sites for hydroxylation is 2. The number of hydrogen-bond acceptors (Lipinski definition) is 3. The molecule has 0 atom stereocenters. The topological polar surface area (TPSA) is 44.9 Å². The maximum atomic E-state index is 6.76. The van der Waals surface area contributed by atoms with Crippen LogP contribution < -0.4 is 4.74 Å². The minimum Gasteiger partial charge on any atom is -0.457 e. The fraction of sp³-hybridized carbons (Fsp3) is 0.120. The lowest BCUT2D eigenvalue weighted by molar-refractivity contribution is 0.482. The lowest BCUT2D eigenvalue weighted by atomic mass is 9.85. The highest BCUT2D eigenvalue weighted by Crippen LogP contribution is 2.43. The molecule has 3 heterocycles. The van der Waals surface area contributed by atoms with E-state index in [9.17, 15) is 0 Å². The van der Waals surface area contributed by atoms with E-state index in [0.29, 0.717) is 0 Å². The van der Waals surface area contributed by atoms with Gasteiger partial charge in [-0.3, -0.25) is 4.57 Å². The molecule has 0 fully saturated rings. The molecule has 0 saturated carbocycles. The predicted molar refractivity (Wildman–Crippen MR) is 227 cm³/mol. The van der Waals surface area contributed by atoms with E-state index >= 15 is 0 Å². The van der Waals surface area contributed by atoms with Crippen molar-refractivity contribution in [3.8, 4) is 56.6 Å². The molecule has 0 saturated heterocycles. The molecule has 5 heteroatoms. The van der Waals surface area contributed by atoms with Gasteiger partial charge in [0.15, 0.2) is 0 Å². The van der Waals surface area contributed by atoms with Gasteiger partial charge in [0, 0.05) is 45.8 Å². The fourth-order valence-corrected chi connectivity index (χ4v) is 7.62. The zero-order chi connectivity index (χ0) is 37.7. The van der Waals surface area contributed by atoms with Gasteiger partial charge in [0.1, 0.15) is 23.0 Å². The van der Waals surface area contributed by atoms with E-state index in [1.54, 1.807) is 0 Å². The Morgan fingerprint density at radius 3 is 1.96 bits per heavy atom. The van der Waals surface area contributed by atoms with Gasteiger partial charge in [0.25, 0.3) is 0 Å². The summed E-state index contributed by atoms with van der Waals surface area (Å²) < 4.78 is 11.1. The van der Waals surface area contributed by atoms with Crippen LogP contribution in [0.25, 0.3) is 67.0 Å². The van der Waals surface area contributed by atoms with Crippen LogP contribution in [-0.2, 0) is 5.41 Å². The Hall–Kier alpha value is -6.72. The van der Waals surface area contributed by atoms with E-state index in [-0.39, 0.29) is 5.41 Å². The highest BCUT2D eigenvalue weighted by molar-refractivity contribution is 6.09. The summed E-state index contributed by atoms with van der Waals surface area (Å²) in [5, 5.41) is 7.76. The standard InChI is InChI=1S/C50H42N4O/c1-33-26-27-51-46(30-33)53-44-19-13-12-18-42(44)43-25-24-40(32-45(43)53)55-41-29-34(2)28-39(31-41)54-49(37-16-10-7-11-17-37)47(48(52-54)36-14-8-6-9-15-36)35-20-22-38(23-21-35)50(3,4)5/h6-32H,1-5H3. The highest BCUT2D eigenvalue weighted by atomic mass is 16.5. The van der Waals surface area contributed by atoms with E-state index in [1.165, 1.54) is 10.9 Å². The maximum Gasteiger partial charge on any atom is 0.137 e. The summed E-state index contributed by atoms with van der Waals surface area (Å²) >= 11 is 0. The van der Waals surface area contributed by atoms with Gasteiger partial charge >= 0.3 is 0 Å². The molecule has 0 bridgehead atoms. The molecule has 55 heavy (non-hydrogen) atoms. The molecular formula is C50H42N4O. The Balaban J connectivity index is 1.20. The number of rotatable bonds is 7. The predicted octanol–water partition coefficient (Wildman–Crippen LogP) is 13.1. The average Bonchev–Trinajstić information content (AvgIpc) is 3.75. The van der Waals surface area contributed by atoms with Crippen LogP contribution in [0.2, 0.25) is 0 Å². The molecule has 9 rings (SSSR count). The third-order valence-corrected chi connectivity index (χ3v) is 10.3. The Morgan fingerprint density at radius 1 is 0.545 bits per heavy atom. The van der Waals surface area contributed by atoms with E-state index in [0.717, 1.165) is 84.2 Å². The first-order valence-corrected chi connectivity index (χ1v) is 18.8. The molecule has 5 nitrogen and oxygen atoms in total. The van der Waals surface area contributed by atoms with Crippen molar-refractivity contribution < 1.29 is 4.74 Å². The molecule has 0 unspecified atom stereocenters. The van der Waals surface area contributed by atoms with Crippen molar-refractivity contribution in [2.45, 2.75) is 40.0 Å². The number of ether oxygens (including phenoxy) is 1. The summed E-state index contributed by atoms with van der Waals surface area (Å²) in [7, 11) is 0. The van der Waals surface area contributed by atoms with E-state index < -0.39 is 0 Å². The van der Waals surface area contributed by atoms with Crippen molar-refractivity contribution in [1.82, 2.24) is 19.3 Å². The van der Waals surface area contributed by atoms with Crippen molar-refractivity contribution in [2.75, 3.05) is 0 Å². The minimum absolute atomic E-state index is 0.0454. The Kier molecular flexibility index (Phi) is 8.43. The van der Waals surface area contributed by atoms with Crippen LogP contribution in [0.1, 0.15) is 37.5 Å². The summed E-state index contributed by atoms with van der Waals surface area (Å²) in [6, 6.07) is 55.4.